The lowest BCUT2D eigenvalue weighted by molar-refractivity contribution is 0.960. The summed E-state index contributed by atoms with van der Waals surface area (Å²) in [6.45, 7) is 0. The van der Waals surface area contributed by atoms with Gasteiger partial charge in [0.15, 0.2) is 0 Å². The van der Waals surface area contributed by atoms with Crippen molar-refractivity contribution >= 4 is 21.9 Å². The molecule has 0 atom stereocenters. The van der Waals surface area contributed by atoms with Crippen molar-refractivity contribution in [3.05, 3.63) is 30.5 Å². The Kier molecular flexibility index (Phi) is 1.14. The minimum absolute atomic E-state index is 0.804. The molecule has 3 aromatic rings. The monoisotopic (exact) mass is 170 g/mol. The zero-order valence-corrected chi connectivity index (χ0v) is 6.73. The first-order valence-corrected chi connectivity index (χ1v) is 4.00. The zero-order valence-electron chi connectivity index (χ0n) is 6.73. The van der Waals surface area contributed by atoms with Gasteiger partial charge in [0.2, 0.25) is 0 Å². The van der Waals surface area contributed by atoms with Crippen LogP contribution in [0.2, 0.25) is 0 Å². The molecule has 0 aliphatic rings. The van der Waals surface area contributed by atoms with Gasteiger partial charge in [-0.15, -0.1) is 5.10 Å². The number of rotatable bonds is 0. The fraction of sp³-hybridized carbons (Fsp3) is 0. The maximum absolute atomic E-state index is 4.26. The van der Waals surface area contributed by atoms with Crippen LogP contribution in [-0.4, -0.2) is 20.4 Å². The van der Waals surface area contributed by atoms with E-state index in [-0.39, 0.29) is 0 Å². The highest BCUT2D eigenvalue weighted by molar-refractivity contribution is 6.00. The van der Waals surface area contributed by atoms with Gasteiger partial charge in [0.1, 0.15) is 5.52 Å². The molecule has 0 aliphatic carbocycles. The number of H-pyrrole nitrogens is 1. The number of para-hydroxylation sites is 1. The standard InChI is InChI=1S/C9H6N4/c1-2-4-7-6(3-1)9-8(5-10-7)11-13-12-9/h1-5H,(H,11,12,13). The van der Waals surface area contributed by atoms with Gasteiger partial charge in [0.25, 0.3) is 0 Å². The Bertz CT molecular complexity index is 570. The molecular formula is C9H6N4. The van der Waals surface area contributed by atoms with Crippen LogP contribution in [0.3, 0.4) is 0 Å². The van der Waals surface area contributed by atoms with Crippen LogP contribution in [0.4, 0.5) is 0 Å². The van der Waals surface area contributed by atoms with Gasteiger partial charge in [0, 0.05) is 5.39 Å². The van der Waals surface area contributed by atoms with Crippen molar-refractivity contribution in [2.24, 2.45) is 0 Å². The lowest BCUT2D eigenvalue weighted by Gasteiger charge is -1.94. The maximum atomic E-state index is 4.26. The molecule has 4 heteroatoms. The van der Waals surface area contributed by atoms with Gasteiger partial charge in [-0.05, 0) is 6.07 Å². The minimum Gasteiger partial charge on any atom is -0.257 e. The van der Waals surface area contributed by atoms with Crippen molar-refractivity contribution in [2.75, 3.05) is 0 Å². The van der Waals surface area contributed by atoms with Crippen LogP contribution in [0.25, 0.3) is 21.9 Å². The topological polar surface area (TPSA) is 54.5 Å². The first-order valence-electron chi connectivity index (χ1n) is 4.00. The van der Waals surface area contributed by atoms with E-state index in [9.17, 15) is 0 Å². The van der Waals surface area contributed by atoms with Gasteiger partial charge in [-0.25, -0.2) is 0 Å². The zero-order chi connectivity index (χ0) is 8.67. The second-order valence-electron chi connectivity index (χ2n) is 2.85. The molecular weight excluding hydrogens is 164 g/mol. The molecule has 0 amide bonds. The van der Waals surface area contributed by atoms with Crippen LogP contribution >= 0.6 is 0 Å². The van der Waals surface area contributed by atoms with Crippen LogP contribution < -0.4 is 0 Å². The second kappa shape index (κ2) is 2.26. The number of fused-ring (bicyclic) bond motifs is 3. The number of hydrogen-bond donors (Lipinski definition) is 1. The van der Waals surface area contributed by atoms with Gasteiger partial charge in [-0.1, -0.05) is 23.4 Å². The van der Waals surface area contributed by atoms with Gasteiger partial charge in [-0.2, -0.15) is 0 Å². The van der Waals surface area contributed by atoms with Crippen LogP contribution in [0, 0.1) is 0 Å². The molecule has 0 aliphatic heterocycles. The van der Waals surface area contributed by atoms with Crippen LogP contribution in [0.15, 0.2) is 30.5 Å². The minimum atomic E-state index is 0.804. The van der Waals surface area contributed by atoms with E-state index in [1.807, 2.05) is 24.3 Å². The number of pyridine rings is 1. The van der Waals surface area contributed by atoms with Crippen LogP contribution in [0.1, 0.15) is 0 Å². The lowest BCUT2D eigenvalue weighted by atomic mass is 10.2. The summed E-state index contributed by atoms with van der Waals surface area (Å²) in [6.07, 6.45) is 1.72. The van der Waals surface area contributed by atoms with Crippen molar-refractivity contribution in [1.82, 2.24) is 20.4 Å². The number of nitrogens with zero attached hydrogens (tertiary/aromatic N) is 3. The predicted molar refractivity (Wildman–Crippen MR) is 49.2 cm³/mol. The van der Waals surface area contributed by atoms with Crippen molar-refractivity contribution in [3.8, 4) is 0 Å². The third-order valence-electron chi connectivity index (χ3n) is 2.07. The summed E-state index contributed by atoms with van der Waals surface area (Å²) in [6, 6.07) is 7.91. The Morgan fingerprint density at radius 3 is 3.00 bits per heavy atom. The Morgan fingerprint density at radius 1 is 1.08 bits per heavy atom. The van der Waals surface area contributed by atoms with Crippen molar-refractivity contribution in [3.63, 3.8) is 0 Å². The largest absolute Gasteiger partial charge is 0.257 e. The molecule has 0 saturated heterocycles. The Labute approximate surface area is 73.6 Å². The van der Waals surface area contributed by atoms with E-state index in [4.69, 9.17) is 0 Å². The molecule has 0 fully saturated rings. The van der Waals surface area contributed by atoms with Gasteiger partial charge in [-0.3, -0.25) is 10.1 Å². The molecule has 2 heterocycles. The third kappa shape index (κ3) is 0.823. The highest BCUT2D eigenvalue weighted by atomic mass is 15.3. The van der Waals surface area contributed by atoms with Gasteiger partial charge >= 0.3 is 0 Å². The number of aromatic nitrogens is 4. The van der Waals surface area contributed by atoms with E-state index in [0.717, 1.165) is 21.9 Å². The molecule has 0 unspecified atom stereocenters. The summed E-state index contributed by atoms with van der Waals surface area (Å²) in [5, 5.41) is 11.6. The molecule has 1 N–H and O–H groups in total. The fourth-order valence-electron chi connectivity index (χ4n) is 1.45. The van der Waals surface area contributed by atoms with E-state index >= 15 is 0 Å². The highest BCUT2D eigenvalue weighted by Crippen LogP contribution is 2.18. The number of hydrogen-bond acceptors (Lipinski definition) is 3. The molecule has 2 aromatic heterocycles. The molecule has 13 heavy (non-hydrogen) atoms. The second-order valence-corrected chi connectivity index (χ2v) is 2.85. The number of nitrogens with one attached hydrogen (secondary N) is 1. The predicted octanol–water partition coefficient (Wildman–Crippen LogP) is 1.51. The molecule has 3 rings (SSSR count). The number of benzene rings is 1. The quantitative estimate of drug-likeness (QED) is 0.556. The Balaban J connectivity index is 2.65. The highest BCUT2D eigenvalue weighted by Gasteiger charge is 2.02. The van der Waals surface area contributed by atoms with E-state index in [1.165, 1.54) is 0 Å². The fourth-order valence-corrected chi connectivity index (χ4v) is 1.45. The molecule has 0 spiro atoms. The summed E-state index contributed by atoms with van der Waals surface area (Å²) in [7, 11) is 0. The first kappa shape index (κ1) is 6.54. The Hall–Kier alpha value is -1.97. The molecule has 0 saturated carbocycles. The molecule has 62 valence electrons. The van der Waals surface area contributed by atoms with E-state index < -0.39 is 0 Å². The maximum Gasteiger partial charge on any atom is 0.131 e. The van der Waals surface area contributed by atoms with Gasteiger partial charge < -0.3 is 0 Å². The molecule has 1 aromatic carbocycles. The summed E-state index contributed by atoms with van der Waals surface area (Å²) < 4.78 is 0. The van der Waals surface area contributed by atoms with Gasteiger partial charge in [0.05, 0.1) is 17.2 Å². The number of aromatic amines is 1. The van der Waals surface area contributed by atoms with Crippen molar-refractivity contribution in [2.45, 2.75) is 0 Å². The SMILES string of the molecule is c1ccc2c(c1)ncc1nn[nH]c12. The van der Waals surface area contributed by atoms with E-state index in [1.54, 1.807) is 6.20 Å². The van der Waals surface area contributed by atoms with Crippen LogP contribution in [0.5, 0.6) is 0 Å². The summed E-state index contributed by atoms with van der Waals surface area (Å²) in [4.78, 5) is 4.26. The van der Waals surface area contributed by atoms with Crippen molar-refractivity contribution < 1.29 is 0 Å². The van der Waals surface area contributed by atoms with E-state index in [2.05, 4.69) is 20.4 Å². The smallest absolute Gasteiger partial charge is 0.131 e. The third-order valence-corrected chi connectivity index (χ3v) is 2.07. The van der Waals surface area contributed by atoms with Crippen molar-refractivity contribution in [1.29, 1.82) is 0 Å². The van der Waals surface area contributed by atoms with Crippen LogP contribution in [-0.2, 0) is 0 Å². The van der Waals surface area contributed by atoms with E-state index in [0.29, 0.717) is 0 Å². The summed E-state index contributed by atoms with van der Waals surface area (Å²) in [5.74, 6) is 0. The first-order chi connectivity index (χ1) is 6.45. The lowest BCUT2D eigenvalue weighted by Crippen LogP contribution is -1.79. The summed E-state index contributed by atoms with van der Waals surface area (Å²) >= 11 is 0. The molecule has 4 nitrogen and oxygen atoms in total. The summed E-state index contributed by atoms with van der Waals surface area (Å²) in [5.41, 5.74) is 2.71. The Morgan fingerprint density at radius 2 is 2.00 bits per heavy atom. The molecule has 0 radical (unpaired) electrons. The molecule has 0 bridgehead atoms. The normalized spacial score (nSPS) is 11.1. The average Bonchev–Trinajstić information content (AvgIpc) is 2.65. The average molecular weight is 170 g/mol.